The van der Waals surface area contributed by atoms with Gasteiger partial charge in [-0.3, -0.25) is 0 Å². The van der Waals surface area contributed by atoms with Gasteiger partial charge in [-0.2, -0.15) is 0 Å². The number of aromatic nitrogens is 1. The van der Waals surface area contributed by atoms with E-state index in [1.165, 1.54) is 0 Å². The van der Waals surface area contributed by atoms with Crippen LogP contribution in [-0.2, 0) is 6.54 Å². The average Bonchev–Trinajstić information content (AvgIpc) is 3.14. The SMILES string of the molecule is O=C(O)c1c(-c2ccccc2)c2cc(-c3ccc(Cl)cc3)ccc2n1Cc1cccc(Cl)c1. The van der Waals surface area contributed by atoms with Gasteiger partial charge in [0, 0.05) is 33.1 Å². The van der Waals surface area contributed by atoms with Crippen LogP contribution in [-0.4, -0.2) is 15.6 Å². The van der Waals surface area contributed by atoms with Crippen molar-refractivity contribution in [3.8, 4) is 22.3 Å². The van der Waals surface area contributed by atoms with Crippen LogP contribution in [0.3, 0.4) is 0 Å². The van der Waals surface area contributed by atoms with Crippen molar-refractivity contribution < 1.29 is 9.90 Å². The Hall–Kier alpha value is -3.53. The largest absolute Gasteiger partial charge is 0.477 e. The van der Waals surface area contributed by atoms with Crippen LogP contribution in [0.2, 0.25) is 10.0 Å². The number of nitrogens with zero attached hydrogens (tertiary/aromatic N) is 1. The maximum atomic E-state index is 12.6. The summed E-state index contributed by atoms with van der Waals surface area (Å²) in [7, 11) is 0. The lowest BCUT2D eigenvalue weighted by molar-refractivity contribution is 0.0687. The van der Waals surface area contributed by atoms with E-state index in [0.717, 1.165) is 33.2 Å². The lowest BCUT2D eigenvalue weighted by atomic mass is 9.98. The molecule has 4 aromatic carbocycles. The van der Waals surface area contributed by atoms with Crippen LogP contribution in [0.15, 0.2) is 97.1 Å². The molecule has 0 bridgehead atoms. The second kappa shape index (κ2) is 8.78. The Labute approximate surface area is 201 Å². The Balaban J connectivity index is 1.79. The molecule has 0 aliphatic rings. The predicted octanol–water partition coefficient (Wildman–Crippen LogP) is 8.03. The van der Waals surface area contributed by atoms with Crippen molar-refractivity contribution in [3.05, 3.63) is 118 Å². The maximum absolute atomic E-state index is 12.6. The third kappa shape index (κ3) is 4.13. The Kier molecular flexibility index (Phi) is 5.67. The van der Waals surface area contributed by atoms with Gasteiger partial charge in [0.1, 0.15) is 5.69 Å². The predicted molar refractivity (Wildman–Crippen MR) is 135 cm³/mol. The summed E-state index contributed by atoms with van der Waals surface area (Å²) in [5.74, 6) is -0.972. The normalized spacial score (nSPS) is 11.1. The smallest absolute Gasteiger partial charge is 0.353 e. The van der Waals surface area contributed by atoms with Gasteiger partial charge in [-0.25, -0.2) is 4.79 Å². The molecule has 0 amide bonds. The van der Waals surface area contributed by atoms with Crippen LogP contribution >= 0.6 is 23.2 Å². The van der Waals surface area contributed by atoms with Crippen LogP contribution in [0.1, 0.15) is 16.1 Å². The van der Waals surface area contributed by atoms with Crippen LogP contribution in [0.4, 0.5) is 0 Å². The first-order chi connectivity index (χ1) is 16.0. The minimum absolute atomic E-state index is 0.254. The van der Waals surface area contributed by atoms with Crippen molar-refractivity contribution in [1.82, 2.24) is 4.57 Å². The highest BCUT2D eigenvalue weighted by Crippen LogP contribution is 2.38. The Morgan fingerprint density at radius 3 is 2.15 bits per heavy atom. The molecule has 0 radical (unpaired) electrons. The summed E-state index contributed by atoms with van der Waals surface area (Å²) in [5, 5.41) is 12.5. The second-order valence-corrected chi connectivity index (χ2v) is 8.72. The van der Waals surface area contributed by atoms with E-state index in [9.17, 15) is 9.90 Å². The fourth-order valence-corrected chi connectivity index (χ4v) is 4.62. The maximum Gasteiger partial charge on any atom is 0.353 e. The van der Waals surface area contributed by atoms with Gasteiger partial charge in [0.25, 0.3) is 0 Å². The summed E-state index contributed by atoms with van der Waals surface area (Å²) < 4.78 is 1.86. The first-order valence-electron chi connectivity index (χ1n) is 10.5. The molecule has 0 saturated carbocycles. The molecule has 5 aromatic rings. The van der Waals surface area contributed by atoms with Gasteiger partial charge in [-0.15, -0.1) is 0 Å². The van der Waals surface area contributed by atoms with Crippen molar-refractivity contribution >= 4 is 40.1 Å². The molecular formula is C28H19Cl2NO2. The Bertz CT molecular complexity index is 1470. The molecule has 0 fully saturated rings. The quantitative estimate of drug-likeness (QED) is 0.281. The number of carboxylic acids is 1. The molecule has 0 unspecified atom stereocenters. The number of aromatic carboxylic acids is 1. The van der Waals surface area contributed by atoms with E-state index >= 15 is 0 Å². The molecule has 5 rings (SSSR count). The highest BCUT2D eigenvalue weighted by Gasteiger charge is 2.24. The Morgan fingerprint density at radius 2 is 1.45 bits per heavy atom. The van der Waals surface area contributed by atoms with Gasteiger partial charge < -0.3 is 9.67 Å². The fourth-order valence-electron chi connectivity index (χ4n) is 4.28. The van der Waals surface area contributed by atoms with E-state index < -0.39 is 5.97 Å². The van der Waals surface area contributed by atoms with Crippen molar-refractivity contribution in [2.75, 3.05) is 0 Å². The van der Waals surface area contributed by atoms with E-state index in [2.05, 4.69) is 6.07 Å². The van der Waals surface area contributed by atoms with E-state index in [1.807, 2.05) is 95.6 Å². The fraction of sp³-hybridized carbons (Fsp3) is 0.0357. The highest BCUT2D eigenvalue weighted by molar-refractivity contribution is 6.31. The van der Waals surface area contributed by atoms with Crippen molar-refractivity contribution in [1.29, 1.82) is 0 Å². The van der Waals surface area contributed by atoms with E-state index in [4.69, 9.17) is 23.2 Å². The lowest BCUT2D eigenvalue weighted by Crippen LogP contribution is -2.10. The van der Waals surface area contributed by atoms with Crippen LogP contribution < -0.4 is 0 Å². The molecule has 1 heterocycles. The monoisotopic (exact) mass is 471 g/mol. The van der Waals surface area contributed by atoms with Crippen LogP contribution in [0.5, 0.6) is 0 Å². The molecule has 33 heavy (non-hydrogen) atoms. The zero-order valence-electron chi connectivity index (χ0n) is 17.5. The van der Waals surface area contributed by atoms with Crippen LogP contribution in [0.25, 0.3) is 33.2 Å². The second-order valence-electron chi connectivity index (χ2n) is 7.85. The van der Waals surface area contributed by atoms with Crippen molar-refractivity contribution in [2.24, 2.45) is 0 Å². The summed E-state index contributed by atoms with van der Waals surface area (Å²) in [6.07, 6.45) is 0. The summed E-state index contributed by atoms with van der Waals surface area (Å²) in [6, 6.07) is 30.9. The number of hydrogen-bond donors (Lipinski definition) is 1. The minimum atomic E-state index is -0.972. The number of fused-ring (bicyclic) bond motifs is 1. The van der Waals surface area contributed by atoms with Gasteiger partial charge in [-0.1, -0.05) is 83.9 Å². The highest BCUT2D eigenvalue weighted by atomic mass is 35.5. The summed E-state index contributed by atoms with van der Waals surface area (Å²) >= 11 is 12.3. The number of rotatable bonds is 5. The van der Waals surface area contributed by atoms with Crippen molar-refractivity contribution in [3.63, 3.8) is 0 Å². The molecule has 0 spiro atoms. The van der Waals surface area contributed by atoms with E-state index in [-0.39, 0.29) is 5.69 Å². The number of carboxylic acid groups (broad SMARTS) is 1. The molecule has 1 N–H and O–H groups in total. The molecule has 5 heteroatoms. The zero-order chi connectivity index (χ0) is 22.9. The molecule has 0 atom stereocenters. The summed E-state index contributed by atoms with van der Waals surface area (Å²) in [6.45, 7) is 0.395. The minimum Gasteiger partial charge on any atom is -0.477 e. The first-order valence-corrected chi connectivity index (χ1v) is 11.2. The van der Waals surface area contributed by atoms with Gasteiger partial charge in [-0.05, 0) is 58.7 Å². The molecular weight excluding hydrogens is 453 g/mol. The van der Waals surface area contributed by atoms with Crippen molar-refractivity contribution in [2.45, 2.75) is 6.54 Å². The van der Waals surface area contributed by atoms with Gasteiger partial charge in [0.05, 0.1) is 0 Å². The molecule has 0 aliphatic heterocycles. The van der Waals surface area contributed by atoms with E-state index in [0.29, 0.717) is 22.2 Å². The molecule has 1 aromatic heterocycles. The molecule has 162 valence electrons. The summed E-state index contributed by atoms with van der Waals surface area (Å²) in [4.78, 5) is 12.6. The number of halogens is 2. The summed E-state index contributed by atoms with van der Waals surface area (Å²) in [5.41, 5.74) is 5.61. The van der Waals surface area contributed by atoms with Gasteiger partial charge >= 0.3 is 5.97 Å². The van der Waals surface area contributed by atoms with E-state index in [1.54, 1.807) is 0 Å². The topological polar surface area (TPSA) is 42.2 Å². The third-order valence-electron chi connectivity index (χ3n) is 5.74. The molecule has 0 aliphatic carbocycles. The van der Waals surface area contributed by atoms with Gasteiger partial charge in [0.15, 0.2) is 0 Å². The molecule has 3 nitrogen and oxygen atoms in total. The number of benzene rings is 4. The Morgan fingerprint density at radius 1 is 0.727 bits per heavy atom. The first kappa shape index (κ1) is 21.3. The molecule has 0 saturated heterocycles. The van der Waals surface area contributed by atoms with Crippen LogP contribution in [0, 0.1) is 0 Å². The average molecular weight is 472 g/mol. The standard InChI is InChI=1S/C28H19Cl2NO2/c29-22-12-9-19(10-13-22)21-11-14-25-24(16-21)26(20-6-2-1-3-7-20)27(28(32)33)31(25)17-18-5-4-8-23(30)15-18/h1-16H,17H2,(H,32,33). The number of carbonyl (C=O) groups is 1. The zero-order valence-corrected chi connectivity index (χ0v) is 19.0. The third-order valence-corrected chi connectivity index (χ3v) is 6.22. The van der Waals surface area contributed by atoms with Gasteiger partial charge in [0.2, 0.25) is 0 Å². The number of hydrogen-bond acceptors (Lipinski definition) is 1. The lowest BCUT2D eigenvalue weighted by Gasteiger charge is -2.10.